The van der Waals surface area contributed by atoms with Gasteiger partial charge < -0.3 is 5.11 Å². The Balaban J connectivity index is 2.46. The summed E-state index contributed by atoms with van der Waals surface area (Å²) in [5.41, 5.74) is 2.29. The van der Waals surface area contributed by atoms with E-state index >= 15 is 0 Å². The van der Waals surface area contributed by atoms with E-state index in [0.717, 1.165) is 11.1 Å². The zero-order chi connectivity index (χ0) is 14.2. The van der Waals surface area contributed by atoms with E-state index in [4.69, 9.17) is 23.2 Å². The molecule has 0 bridgehead atoms. The van der Waals surface area contributed by atoms with Gasteiger partial charge in [-0.2, -0.15) is 5.10 Å². The maximum atomic E-state index is 10.5. The van der Waals surface area contributed by atoms with E-state index < -0.39 is 6.10 Å². The zero-order valence-electron chi connectivity index (χ0n) is 11.1. The van der Waals surface area contributed by atoms with Gasteiger partial charge in [0.15, 0.2) is 0 Å². The third kappa shape index (κ3) is 2.78. The van der Waals surface area contributed by atoms with Crippen LogP contribution in [0.15, 0.2) is 24.4 Å². The van der Waals surface area contributed by atoms with Gasteiger partial charge in [0.1, 0.15) is 6.10 Å². The van der Waals surface area contributed by atoms with Crippen molar-refractivity contribution in [3.63, 3.8) is 0 Å². The molecule has 102 valence electrons. The van der Waals surface area contributed by atoms with Crippen LogP contribution in [0.1, 0.15) is 42.8 Å². The lowest BCUT2D eigenvalue weighted by Crippen LogP contribution is -2.12. The third-order valence-electron chi connectivity index (χ3n) is 3.03. The van der Waals surface area contributed by atoms with E-state index in [1.807, 2.05) is 26.8 Å². The highest BCUT2D eigenvalue weighted by molar-refractivity contribution is 6.31. The molecule has 3 nitrogen and oxygen atoms in total. The van der Waals surface area contributed by atoms with Gasteiger partial charge in [0.25, 0.3) is 0 Å². The van der Waals surface area contributed by atoms with Gasteiger partial charge in [0.2, 0.25) is 0 Å². The quantitative estimate of drug-likeness (QED) is 0.924. The minimum absolute atomic E-state index is 0.130. The number of aryl methyl sites for hydroxylation is 1. The molecule has 2 aromatic rings. The Labute approximate surface area is 122 Å². The number of benzene rings is 1. The normalized spacial score (nSPS) is 13.0. The second-order valence-corrected chi connectivity index (χ2v) is 5.64. The van der Waals surface area contributed by atoms with E-state index in [9.17, 15) is 5.11 Å². The Morgan fingerprint density at radius 2 is 1.89 bits per heavy atom. The van der Waals surface area contributed by atoms with Crippen LogP contribution in [0.4, 0.5) is 0 Å². The average Bonchev–Trinajstić information content (AvgIpc) is 2.74. The number of hydrogen-bond acceptors (Lipinski definition) is 2. The highest BCUT2D eigenvalue weighted by Crippen LogP contribution is 2.31. The van der Waals surface area contributed by atoms with E-state index in [1.54, 1.807) is 23.0 Å². The van der Waals surface area contributed by atoms with Crippen molar-refractivity contribution in [2.24, 2.45) is 0 Å². The number of hydrogen-bond donors (Lipinski definition) is 1. The number of halogens is 2. The first kappa shape index (κ1) is 14.4. The molecule has 1 heterocycles. The summed E-state index contributed by atoms with van der Waals surface area (Å²) in [4.78, 5) is 0. The highest BCUT2D eigenvalue weighted by Gasteiger charge is 2.21. The molecule has 1 aromatic carbocycles. The molecule has 19 heavy (non-hydrogen) atoms. The summed E-state index contributed by atoms with van der Waals surface area (Å²) in [7, 11) is 0. The van der Waals surface area contributed by atoms with Gasteiger partial charge in [-0.3, -0.25) is 4.68 Å². The molecular formula is C14H16Cl2N2O. The molecule has 0 aliphatic carbocycles. The lowest BCUT2D eigenvalue weighted by atomic mass is 10.0. The van der Waals surface area contributed by atoms with Crippen LogP contribution in [0.2, 0.25) is 10.0 Å². The predicted octanol–water partition coefficient (Wildman–Crippen LogP) is 4.16. The molecule has 1 atom stereocenters. The second-order valence-electron chi connectivity index (χ2n) is 4.83. The van der Waals surface area contributed by atoms with E-state index in [0.29, 0.717) is 15.7 Å². The van der Waals surface area contributed by atoms with Crippen molar-refractivity contribution in [2.45, 2.75) is 32.9 Å². The Kier molecular flexibility index (Phi) is 4.19. The molecule has 1 aromatic heterocycles. The van der Waals surface area contributed by atoms with Crippen molar-refractivity contribution in [3.05, 3.63) is 51.3 Å². The molecule has 1 N–H and O–H groups in total. The van der Waals surface area contributed by atoms with Crippen molar-refractivity contribution < 1.29 is 5.11 Å². The molecule has 0 aliphatic heterocycles. The fourth-order valence-electron chi connectivity index (χ4n) is 2.01. The summed E-state index contributed by atoms with van der Waals surface area (Å²) in [6, 6.07) is 5.57. The topological polar surface area (TPSA) is 38.1 Å². The SMILES string of the molecule is Cc1cc(C(O)c2c(Cl)cnn2C(C)C)ccc1Cl. The summed E-state index contributed by atoms with van der Waals surface area (Å²) < 4.78 is 1.73. The minimum Gasteiger partial charge on any atom is -0.382 e. The summed E-state index contributed by atoms with van der Waals surface area (Å²) in [6.07, 6.45) is 0.747. The highest BCUT2D eigenvalue weighted by atomic mass is 35.5. The maximum Gasteiger partial charge on any atom is 0.122 e. The number of aromatic nitrogens is 2. The van der Waals surface area contributed by atoms with Crippen molar-refractivity contribution >= 4 is 23.2 Å². The van der Waals surface area contributed by atoms with Crippen LogP contribution >= 0.6 is 23.2 Å². The van der Waals surface area contributed by atoms with Crippen LogP contribution < -0.4 is 0 Å². The fraction of sp³-hybridized carbons (Fsp3) is 0.357. The summed E-state index contributed by atoms with van der Waals surface area (Å²) in [6.45, 7) is 5.89. The summed E-state index contributed by atoms with van der Waals surface area (Å²) in [5, 5.41) is 15.9. The monoisotopic (exact) mass is 298 g/mol. The third-order valence-corrected chi connectivity index (χ3v) is 3.75. The van der Waals surface area contributed by atoms with Gasteiger partial charge in [-0.15, -0.1) is 0 Å². The van der Waals surface area contributed by atoms with E-state index in [2.05, 4.69) is 5.10 Å². The average molecular weight is 299 g/mol. The fourth-order valence-corrected chi connectivity index (χ4v) is 2.37. The first-order chi connectivity index (χ1) is 8.91. The number of nitrogens with zero attached hydrogens (tertiary/aromatic N) is 2. The van der Waals surface area contributed by atoms with Gasteiger partial charge in [-0.05, 0) is 38.0 Å². The lowest BCUT2D eigenvalue weighted by Gasteiger charge is -2.17. The minimum atomic E-state index is -0.812. The first-order valence-corrected chi connectivity index (χ1v) is 6.84. The van der Waals surface area contributed by atoms with Gasteiger partial charge in [-0.1, -0.05) is 35.3 Å². The standard InChI is InChI=1S/C14H16Cl2N2O/c1-8(2)18-13(12(16)7-17-18)14(19)10-4-5-11(15)9(3)6-10/h4-8,14,19H,1-3H3. The largest absolute Gasteiger partial charge is 0.382 e. The maximum absolute atomic E-state index is 10.5. The Hall–Kier alpha value is -1.03. The van der Waals surface area contributed by atoms with E-state index in [1.165, 1.54) is 0 Å². The van der Waals surface area contributed by atoms with Crippen LogP contribution in [0.25, 0.3) is 0 Å². The Morgan fingerprint density at radius 1 is 1.21 bits per heavy atom. The second kappa shape index (κ2) is 5.53. The molecule has 2 rings (SSSR count). The van der Waals surface area contributed by atoms with Crippen LogP contribution in [-0.4, -0.2) is 14.9 Å². The zero-order valence-corrected chi connectivity index (χ0v) is 12.6. The lowest BCUT2D eigenvalue weighted by molar-refractivity contribution is 0.205. The molecular weight excluding hydrogens is 283 g/mol. The van der Waals surface area contributed by atoms with Gasteiger partial charge in [0.05, 0.1) is 16.9 Å². The molecule has 0 saturated carbocycles. The number of rotatable bonds is 3. The number of aliphatic hydroxyl groups is 1. The Morgan fingerprint density at radius 3 is 2.47 bits per heavy atom. The van der Waals surface area contributed by atoms with Crippen LogP contribution in [0.3, 0.4) is 0 Å². The Bertz CT molecular complexity index is 593. The van der Waals surface area contributed by atoms with E-state index in [-0.39, 0.29) is 6.04 Å². The van der Waals surface area contributed by atoms with Crippen LogP contribution in [0, 0.1) is 6.92 Å². The summed E-state index contributed by atoms with van der Waals surface area (Å²) in [5.74, 6) is 0. The molecule has 0 radical (unpaired) electrons. The van der Waals surface area contributed by atoms with Crippen molar-refractivity contribution in [1.82, 2.24) is 9.78 Å². The molecule has 0 fully saturated rings. The molecule has 0 spiro atoms. The van der Waals surface area contributed by atoms with Gasteiger partial charge >= 0.3 is 0 Å². The molecule has 0 aliphatic rings. The molecule has 0 amide bonds. The van der Waals surface area contributed by atoms with Gasteiger partial charge in [-0.25, -0.2) is 0 Å². The molecule has 1 unspecified atom stereocenters. The smallest absolute Gasteiger partial charge is 0.122 e. The van der Waals surface area contributed by atoms with Crippen LogP contribution in [-0.2, 0) is 0 Å². The molecule has 0 saturated heterocycles. The van der Waals surface area contributed by atoms with Crippen molar-refractivity contribution in [1.29, 1.82) is 0 Å². The summed E-state index contributed by atoms with van der Waals surface area (Å²) >= 11 is 12.1. The number of aliphatic hydroxyl groups excluding tert-OH is 1. The first-order valence-electron chi connectivity index (χ1n) is 6.08. The predicted molar refractivity (Wildman–Crippen MR) is 77.9 cm³/mol. The van der Waals surface area contributed by atoms with Crippen molar-refractivity contribution in [2.75, 3.05) is 0 Å². The van der Waals surface area contributed by atoms with Gasteiger partial charge in [0, 0.05) is 11.1 Å². The van der Waals surface area contributed by atoms with Crippen molar-refractivity contribution in [3.8, 4) is 0 Å². The van der Waals surface area contributed by atoms with Crippen LogP contribution in [0.5, 0.6) is 0 Å². The molecule has 5 heteroatoms.